The van der Waals surface area contributed by atoms with Crippen molar-refractivity contribution < 1.29 is 14.6 Å². The predicted molar refractivity (Wildman–Crippen MR) is 71.8 cm³/mol. The van der Waals surface area contributed by atoms with E-state index in [4.69, 9.17) is 27.2 Å². The Kier molecular flexibility index (Phi) is 4.54. The molecule has 0 amide bonds. The summed E-state index contributed by atoms with van der Waals surface area (Å²) in [5, 5.41) is 16.8. The minimum absolute atomic E-state index is 0.0474. The highest BCUT2D eigenvalue weighted by Crippen LogP contribution is 2.17. The van der Waals surface area contributed by atoms with Gasteiger partial charge in [-0.3, -0.25) is 0 Å². The van der Waals surface area contributed by atoms with Crippen LogP contribution in [0.15, 0.2) is 24.3 Å². The summed E-state index contributed by atoms with van der Waals surface area (Å²) in [6.07, 6.45) is 0. The highest BCUT2D eigenvalue weighted by Gasteiger charge is 2.17. The molecule has 1 aromatic heterocycles. The standard InChI is InChI=1S/C12H13ClN4O3/c13-8-2-1-3-9(6-8)20-5-4-17-10(7-14)11(12(18)19)15-16-17/h1-3,6H,4-5,7,14H2,(H,18,19). The van der Waals surface area contributed by atoms with E-state index in [0.29, 0.717) is 29.6 Å². The maximum absolute atomic E-state index is 10.9. The molecule has 0 atom stereocenters. The number of benzene rings is 1. The molecule has 2 aromatic rings. The van der Waals surface area contributed by atoms with E-state index in [1.165, 1.54) is 4.68 Å². The number of carboxylic acids is 1. The lowest BCUT2D eigenvalue weighted by atomic mass is 10.3. The van der Waals surface area contributed by atoms with Gasteiger partial charge in [-0.1, -0.05) is 22.9 Å². The fourth-order valence-corrected chi connectivity index (χ4v) is 1.87. The number of nitrogens with two attached hydrogens (primary N) is 1. The van der Waals surface area contributed by atoms with Gasteiger partial charge in [0.05, 0.1) is 12.2 Å². The number of hydrogen-bond donors (Lipinski definition) is 2. The third kappa shape index (κ3) is 3.25. The zero-order valence-electron chi connectivity index (χ0n) is 10.5. The van der Waals surface area contributed by atoms with Crippen LogP contribution in [0.2, 0.25) is 5.02 Å². The van der Waals surface area contributed by atoms with E-state index in [-0.39, 0.29) is 12.2 Å². The number of aromatic carboxylic acids is 1. The highest BCUT2D eigenvalue weighted by atomic mass is 35.5. The topological polar surface area (TPSA) is 103 Å². The predicted octanol–water partition coefficient (Wildman–Crippen LogP) is 1.17. The van der Waals surface area contributed by atoms with E-state index in [2.05, 4.69) is 10.3 Å². The van der Waals surface area contributed by atoms with E-state index in [1.54, 1.807) is 24.3 Å². The van der Waals surface area contributed by atoms with E-state index in [1.807, 2.05) is 0 Å². The van der Waals surface area contributed by atoms with Crippen molar-refractivity contribution in [2.45, 2.75) is 13.1 Å². The molecule has 0 fully saturated rings. The molecule has 106 valence electrons. The van der Waals surface area contributed by atoms with Crippen LogP contribution in [-0.2, 0) is 13.1 Å². The van der Waals surface area contributed by atoms with Crippen LogP contribution in [-0.4, -0.2) is 32.7 Å². The van der Waals surface area contributed by atoms with Crippen LogP contribution >= 0.6 is 11.6 Å². The third-order valence-electron chi connectivity index (χ3n) is 2.60. The minimum atomic E-state index is -1.15. The monoisotopic (exact) mass is 296 g/mol. The first-order valence-electron chi connectivity index (χ1n) is 5.86. The van der Waals surface area contributed by atoms with Crippen molar-refractivity contribution in [1.82, 2.24) is 15.0 Å². The average Bonchev–Trinajstić information content (AvgIpc) is 2.82. The van der Waals surface area contributed by atoms with Gasteiger partial charge in [0.15, 0.2) is 5.69 Å². The smallest absolute Gasteiger partial charge is 0.358 e. The molecule has 0 aliphatic carbocycles. The van der Waals surface area contributed by atoms with Crippen molar-refractivity contribution in [2.75, 3.05) is 6.61 Å². The number of rotatable bonds is 6. The minimum Gasteiger partial charge on any atom is -0.492 e. The van der Waals surface area contributed by atoms with Crippen molar-refractivity contribution >= 4 is 17.6 Å². The van der Waals surface area contributed by atoms with Crippen LogP contribution in [0.5, 0.6) is 5.75 Å². The molecule has 8 heteroatoms. The number of carbonyl (C=O) groups is 1. The number of carboxylic acid groups (broad SMARTS) is 1. The fraction of sp³-hybridized carbons (Fsp3) is 0.250. The summed E-state index contributed by atoms with van der Waals surface area (Å²) in [6, 6.07) is 6.99. The summed E-state index contributed by atoms with van der Waals surface area (Å²) in [7, 11) is 0. The molecule has 0 aliphatic rings. The highest BCUT2D eigenvalue weighted by molar-refractivity contribution is 6.30. The van der Waals surface area contributed by atoms with E-state index < -0.39 is 5.97 Å². The van der Waals surface area contributed by atoms with Crippen LogP contribution in [0.25, 0.3) is 0 Å². The van der Waals surface area contributed by atoms with Gasteiger partial charge in [-0.25, -0.2) is 9.48 Å². The molecule has 3 N–H and O–H groups in total. The van der Waals surface area contributed by atoms with Gasteiger partial charge in [0.2, 0.25) is 0 Å². The van der Waals surface area contributed by atoms with Crippen LogP contribution in [0, 0.1) is 0 Å². The summed E-state index contributed by atoms with van der Waals surface area (Å²) in [6.45, 7) is 0.695. The molecule has 0 spiro atoms. The van der Waals surface area contributed by atoms with Gasteiger partial charge >= 0.3 is 5.97 Å². The lowest BCUT2D eigenvalue weighted by Gasteiger charge is -2.08. The van der Waals surface area contributed by atoms with Gasteiger partial charge in [-0.05, 0) is 18.2 Å². The van der Waals surface area contributed by atoms with Crippen LogP contribution in [0.1, 0.15) is 16.2 Å². The Hall–Kier alpha value is -2.12. The van der Waals surface area contributed by atoms with Crippen molar-refractivity contribution in [1.29, 1.82) is 0 Å². The molecule has 20 heavy (non-hydrogen) atoms. The van der Waals surface area contributed by atoms with Crippen LogP contribution < -0.4 is 10.5 Å². The molecule has 0 radical (unpaired) electrons. The quantitative estimate of drug-likeness (QED) is 0.829. The maximum Gasteiger partial charge on any atom is 0.358 e. The molecule has 0 aliphatic heterocycles. The molecule has 0 bridgehead atoms. The average molecular weight is 297 g/mol. The van der Waals surface area contributed by atoms with Gasteiger partial charge in [0.1, 0.15) is 12.4 Å². The maximum atomic E-state index is 10.9. The Bertz CT molecular complexity index is 614. The fourth-order valence-electron chi connectivity index (χ4n) is 1.69. The second-order valence-electron chi connectivity index (χ2n) is 3.92. The molecule has 0 saturated carbocycles. The number of nitrogens with zero attached hydrogens (tertiary/aromatic N) is 3. The van der Waals surface area contributed by atoms with Gasteiger partial charge in [-0.15, -0.1) is 5.10 Å². The van der Waals surface area contributed by atoms with Crippen molar-refractivity contribution in [2.24, 2.45) is 5.73 Å². The summed E-state index contributed by atoms with van der Waals surface area (Å²) < 4.78 is 6.92. The Labute approximate surface area is 119 Å². The van der Waals surface area contributed by atoms with Crippen molar-refractivity contribution in [3.05, 3.63) is 40.7 Å². The van der Waals surface area contributed by atoms with Gasteiger partial charge in [0.25, 0.3) is 0 Å². The van der Waals surface area contributed by atoms with Crippen molar-refractivity contribution in [3.8, 4) is 5.75 Å². The molecule has 0 unspecified atom stereocenters. The lowest BCUT2D eigenvalue weighted by Crippen LogP contribution is -2.16. The summed E-state index contributed by atoms with van der Waals surface area (Å²) in [4.78, 5) is 10.9. The van der Waals surface area contributed by atoms with E-state index in [0.717, 1.165) is 0 Å². The normalized spacial score (nSPS) is 10.5. The zero-order chi connectivity index (χ0) is 14.5. The Morgan fingerprint density at radius 1 is 1.50 bits per heavy atom. The zero-order valence-corrected chi connectivity index (χ0v) is 11.2. The summed E-state index contributed by atoms with van der Waals surface area (Å²) in [5.41, 5.74) is 5.75. The first-order valence-corrected chi connectivity index (χ1v) is 6.23. The Morgan fingerprint density at radius 2 is 2.30 bits per heavy atom. The molecule has 7 nitrogen and oxygen atoms in total. The first kappa shape index (κ1) is 14.3. The third-order valence-corrected chi connectivity index (χ3v) is 2.84. The Morgan fingerprint density at radius 3 is 2.95 bits per heavy atom. The molecule has 0 saturated heterocycles. The second-order valence-corrected chi connectivity index (χ2v) is 4.36. The number of aromatic nitrogens is 3. The van der Waals surface area contributed by atoms with Crippen LogP contribution in [0.4, 0.5) is 0 Å². The van der Waals surface area contributed by atoms with Gasteiger partial charge in [-0.2, -0.15) is 0 Å². The SMILES string of the molecule is NCc1c(C(=O)O)nnn1CCOc1cccc(Cl)c1. The van der Waals surface area contributed by atoms with Crippen LogP contribution in [0.3, 0.4) is 0 Å². The molecule has 1 aromatic carbocycles. The van der Waals surface area contributed by atoms with E-state index >= 15 is 0 Å². The Balaban J connectivity index is 1.99. The van der Waals surface area contributed by atoms with Crippen molar-refractivity contribution in [3.63, 3.8) is 0 Å². The number of halogens is 1. The summed E-state index contributed by atoms with van der Waals surface area (Å²) in [5.74, 6) is -0.516. The molecular formula is C12H13ClN4O3. The summed E-state index contributed by atoms with van der Waals surface area (Å²) >= 11 is 5.84. The van der Waals surface area contributed by atoms with Gasteiger partial charge in [0, 0.05) is 11.6 Å². The molecular weight excluding hydrogens is 284 g/mol. The first-order chi connectivity index (χ1) is 9.61. The second kappa shape index (κ2) is 6.36. The number of ether oxygens (including phenoxy) is 1. The van der Waals surface area contributed by atoms with E-state index in [9.17, 15) is 4.79 Å². The number of hydrogen-bond acceptors (Lipinski definition) is 5. The molecule has 2 rings (SSSR count). The van der Waals surface area contributed by atoms with Gasteiger partial charge < -0.3 is 15.6 Å². The lowest BCUT2D eigenvalue weighted by molar-refractivity contribution is 0.0689. The largest absolute Gasteiger partial charge is 0.492 e. The molecule has 1 heterocycles.